The molecule has 2 amide bonds. The van der Waals surface area contributed by atoms with Gasteiger partial charge in [-0.15, -0.1) is 0 Å². The summed E-state index contributed by atoms with van der Waals surface area (Å²) in [6.45, 7) is 4.72. The van der Waals surface area contributed by atoms with Crippen molar-refractivity contribution >= 4 is 23.8 Å². The SMILES string of the molecule is C=C(C)C(=O)OCCOC(=O)c1cccc(NC(N)=O)n1. The first-order valence-corrected chi connectivity index (χ1v) is 5.93. The van der Waals surface area contributed by atoms with Gasteiger partial charge in [0.2, 0.25) is 0 Å². The van der Waals surface area contributed by atoms with Gasteiger partial charge in [0.15, 0.2) is 5.69 Å². The molecule has 0 fully saturated rings. The van der Waals surface area contributed by atoms with Crippen LogP contribution in [0.15, 0.2) is 30.4 Å². The fraction of sp³-hybridized carbons (Fsp3) is 0.231. The lowest BCUT2D eigenvalue weighted by Crippen LogP contribution is -2.21. The Morgan fingerprint density at radius 1 is 1.29 bits per heavy atom. The molecule has 0 aliphatic heterocycles. The maximum absolute atomic E-state index is 11.7. The second kappa shape index (κ2) is 7.63. The Kier molecular flexibility index (Phi) is 5.87. The lowest BCUT2D eigenvalue weighted by Gasteiger charge is -2.07. The summed E-state index contributed by atoms with van der Waals surface area (Å²) in [7, 11) is 0. The first-order chi connectivity index (χ1) is 9.90. The number of amides is 2. The van der Waals surface area contributed by atoms with E-state index in [2.05, 4.69) is 16.9 Å². The van der Waals surface area contributed by atoms with Crippen LogP contribution in [0.1, 0.15) is 17.4 Å². The highest BCUT2D eigenvalue weighted by Gasteiger charge is 2.11. The molecule has 0 aliphatic rings. The molecular formula is C13H15N3O5. The minimum Gasteiger partial charge on any atom is -0.459 e. The number of carbonyl (C=O) groups is 3. The summed E-state index contributed by atoms with van der Waals surface area (Å²) in [6.07, 6.45) is 0. The lowest BCUT2D eigenvalue weighted by atomic mass is 10.3. The van der Waals surface area contributed by atoms with Gasteiger partial charge < -0.3 is 15.2 Å². The first-order valence-electron chi connectivity index (χ1n) is 5.93. The number of anilines is 1. The number of hydrogen-bond donors (Lipinski definition) is 2. The standard InChI is InChI=1S/C13H15N3O5/c1-8(2)11(17)20-6-7-21-12(18)9-4-3-5-10(15-9)16-13(14)19/h3-5H,1,6-7H2,2H3,(H3,14,15,16,19). The Labute approximate surface area is 120 Å². The third kappa shape index (κ3) is 5.72. The maximum atomic E-state index is 11.7. The van der Waals surface area contributed by atoms with E-state index in [0.29, 0.717) is 0 Å². The summed E-state index contributed by atoms with van der Waals surface area (Å²) in [4.78, 5) is 37.3. The largest absolute Gasteiger partial charge is 0.459 e. The predicted molar refractivity (Wildman–Crippen MR) is 73.5 cm³/mol. The van der Waals surface area contributed by atoms with E-state index >= 15 is 0 Å². The molecule has 112 valence electrons. The number of carbonyl (C=O) groups excluding carboxylic acids is 3. The number of ether oxygens (including phenoxy) is 2. The van der Waals surface area contributed by atoms with Gasteiger partial charge in [0.25, 0.3) is 0 Å². The molecule has 1 heterocycles. The molecule has 21 heavy (non-hydrogen) atoms. The highest BCUT2D eigenvalue weighted by Crippen LogP contribution is 2.06. The minimum atomic E-state index is -0.792. The molecule has 0 saturated carbocycles. The van der Waals surface area contributed by atoms with Gasteiger partial charge in [0.05, 0.1) is 0 Å². The van der Waals surface area contributed by atoms with Crippen LogP contribution in [0.25, 0.3) is 0 Å². The monoisotopic (exact) mass is 293 g/mol. The molecule has 0 spiro atoms. The van der Waals surface area contributed by atoms with Crippen LogP contribution in [0.3, 0.4) is 0 Å². The Bertz CT molecular complexity index is 571. The van der Waals surface area contributed by atoms with E-state index in [-0.39, 0.29) is 30.3 Å². The Balaban J connectivity index is 2.47. The summed E-state index contributed by atoms with van der Waals surface area (Å²) < 4.78 is 9.62. The van der Waals surface area contributed by atoms with E-state index in [4.69, 9.17) is 15.2 Å². The number of aromatic nitrogens is 1. The van der Waals surface area contributed by atoms with Crippen LogP contribution in [-0.4, -0.2) is 36.2 Å². The normalized spacial score (nSPS) is 9.57. The Hall–Kier alpha value is -2.90. The number of hydrogen-bond acceptors (Lipinski definition) is 6. The summed E-state index contributed by atoms with van der Waals surface area (Å²) in [6, 6.07) is 3.60. The van der Waals surface area contributed by atoms with Gasteiger partial charge in [-0.3, -0.25) is 5.32 Å². The Morgan fingerprint density at radius 2 is 1.95 bits per heavy atom. The fourth-order valence-corrected chi connectivity index (χ4v) is 1.21. The van der Waals surface area contributed by atoms with Gasteiger partial charge in [-0.2, -0.15) is 0 Å². The molecule has 0 radical (unpaired) electrons. The van der Waals surface area contributed by atoms with Crippen molar-refractivity contribution < 1.29 is 23.9 Å². The van der Waals surface area contributed by atoms with Crippen LogP contribution >= 0.6 is 0 Å². The second-order valence-electron chi connectivity index (χ2n) is 3.95. The van der Waals surface area contributed by atoms with Gasteiger partial charge >= 0.3 is 18.0 Å². The van der Waals surface area contributed by atoms with Crippen LogP contribution in [0.4, 0.5) is 10.6 Å². The van der Waals surface area contributed by atoms with Crippen LogP contribution in [0.5, 0.6) is 0 Å². The molecule has 1 rings (SSSR count). The third-order valence-electron chi connectivity index (χ3n) is 2.11. The average molecular weight is 293 g/mol. The smallest absolute Gasteiger partial charge is 0.357 e. The maximum Gasteiger partial charge on any atom is 0.357 e. The molecule has 0 saturated heterocycles. The van der Waals surface area contributed by atoms with E-state index in [0.717, 1.165) is 0 Å². The van der Waals surface area contributed by atoms with Crippen molar-refractivity contribution in [2.24, 2.45) is 5.73 Å². The summed E-state index contributed by atoms with van der Waals surface area (Å²) >= 11 is 0. The van der Waals surface area contributed by atoms with E-state index in [1.165, 1.54) is 25.1 Å². The number of primary amides is 1. The molecule has 1 aromatic heterocycles. The van der Waals surface area contributed by atoms with Gasteiger partial charge in [-0.25, -0.2) is 19.4 Å². The molecule has 0 aromatic carbocycles. The zero-order chi connectivity index (χ0) is 15.8. The molecule has 0 bridgehead atoms. The molecule has 0 unspecified atom stereocenters. The van der Waals surface area contributed by atoms with Crippen LogP contribution in [0.2, 0.25) is 0 Å². The quantitative estimate of drug-likeness (QED) is 0.455. The van der Waals surface area contributed by atoms with E-state index < -0.39 is 18.0 Å². The summed E-state index contributed by atoms with van der Waals surface area (Å²) in [5, 5.41) is 2.24. The van der Waals surface area contributed by atoms with Gasteiger partial charge in [-0.05, 0) is 19.1 Å². The van der Waals surface area contributed by atoms with E-state index in [9.17, 15) is 14.4 Å². The molecule has 1 aromatic rings. The van der Waals surface area contributed by atoms with Crippen LogP contribution in [-0.2, 0) is 14.3 Å². The van der Waals surface area contributed by atoms with E-state index in [1.54, 1.807) is 0 Å². The second-order valence-corrected chi connectivity index (χ2v) is 3.95. The molecular weight excluding hydrogens is 278 g/mol. The molecule has 3 N–H and O–H groups in total. The van der Waals surface area contributed by atoms with Crippen molar-refractivity contribution in [2.45, 2.75) is 6.92 Å². The topological polar surface area (TPSA) is 121 Å². The van der Waals surface area contributed by atoms with Crippen molar-refractivity contribution in [1.29, 1.82) is 0 Å². The van der Waals surface area contributed by atoms with Gasteiger partial charge in [0.1, 0.15) is 19.0 Å². The average Bonchev–Trinajstić information content (AvgIpc) is 2.42. The zero-order valence-electron chi connectivity index (χ0n) is 11.4. The predicted octanol–water partition coefficient (Wildman–Crippen LogP) is 0.848. The third-order valence-corrected chi connectivity index (χ3v) is 2.11. The van der Waals surface area contributed by atoms with Crippen molar-refractivity contribution in [3.63, 3.8) is 0 Å². The number of nitrogens with zero attached hydrogens (tertiary/aromatic N) is 1. The number of nitrogens with one attached hydrogen (secondary N) is 1. The highest BCUT2D eigenvalue weighted by atomic mass is 16.6. The van der Waals surface area contributed by atoms with Crippen molar-refractivity contribution in [2.75, 3.05) is 18.5 Å². The summed E-state index contributed by atoms with van der Waals surface area (Å²) in [5.41, 5.74) is 5.19. The number of esters is 2. The van der Waals surface area contributed by atoms with E-state index in [1.807, 2.05) is 0 Å². The minimum absolute atomic E-state index is 0.00697. The van der Waals surface area contributed by atoms with Gasteiger partial charge in [0, 0.05) is 5.57 Å². The van der Waals surface area contributed by atoms with Crippen LogP contribution in [0, 0.1) is 0 Å². The number of urea groups is 1. The highest BCUT2D eigenvalue weighted by molar-refractivity contribution is 5.90. The van der Waals surface area contributed by atoms with Crippen molar-refractivity contribution in [3.05, 3.63) is 36.0 Å². The molecule has 8 heteroatoms. The van der Waals surface area contributed by atoms with Crippen molar-refractivity contribution in [1.82, 2.24) is 4.98 Å². The zero-order valence-corrected chi connectivity index (χ0v) is 11.4. The lowest BCUT2D eigenvalue weighted by molar-refractivity contribution is -0.140. The van der Waals surface area contributed by atoms with Gasteiger partial charge in [-0.1, -0.05) is 12.6 Å². The van der Waals surface area contributed by atoms with Crippen molar-refractivity contribution in [3.8, 4) is 0 Å². The number of nitrogens with two attached hydrogens (primary N) is 1. The molecule has 0 aliphatic carbocycles. The fourth-order valence-electron chi connectivity index (χ4n) is 1.21. The van der Waals surface area contributed by atoms with Crippen LogP contribution < -0.4 is 11.1 Å². The molecule has 0 atom stereocenters. The summed E-state index contributed by atoms with van der Waals surface area (Å²) in [5.74, 6) is -1.14. The first kappa shape index (κ1) is 16.2. The number of rotatable bonds is 6. The Morgan fingerprint density at radius 3 is 2.57 bits per heavy atom. The number of pyridine rings is 1. The molecule has 8 nitrogen and oxygen atoms in total.